The molecule has 31 heavy (non-hydrogen) atoms. The highest BCUT2D eigenvalue weighted by Gasteiger charge is 2.29. The lowest BCUT2D eigenvalue weighted by atomic mass is 9.84. The molecular weight excluding hydrogens is 441 g/mol. The van der Waals surface area contributed by atoms with Crippen LogP contribution in [0.5, 0.6) is 0 Å². The van der Waals surface area contributed by atoms with Gasteiger partial charge in [0, 0.05) is 33.0 Å². The Morgan fingerprint density at radius 3 is 2.16 bits per heavy atom. The summed E-state index contributed by atoms with van der Waals surface area (Å²) < 4.78 is 4.98. The molecule has 0 fully saturated rings. The fourth-order valence-corrected chi connectivity index (χ4v) is 3.60. The van der Waals surface area contributed by atoms with Gasteiger partial charge in [0.15, 0.2) is 18.2 Å². The summed E-state index contributed by atoms with van der Waals surface area (Å²) in [5.41, 5.74) is 1.46. The van der Waals surface area contributed by atoms with Gasteiger partial charge >= 0.3 is 5.97 Å². The molecule has 4 rings (SSSR count). The summed E-state index contributed by atoms with van der Waals surface area (Å²) in [6.07, 6.45) is 0. The highest BCUT2D eigenvalue weighted by atomic mass is 35.5. The molecule has 154 valence electrons. The topological polar surface area (TPSA) is 89.5 Å². The predicted molar refractivity (Wildman–Crippen MR) is 115 cm³/mol. The second kappa shape index (κ2) is 8.34. The van der Waals surface area contributed by atoms with Gasteiger partial charge < -0.3 is 10.1 Å². The van der Waals surface area contributed by atoms with Gasteiger partial charge in [-0.05, 0) is 36.4 Å². The first-order valence-electron chi connectivity index (χ1n) is 9.09. The van der Waals surface area contributed by atoms with Gasteiger partial charge in [-0.25, -0.2) is 4.79 Å². The summed E-state index contributed by atoms with van der Waals surface area (Å²) in [5.74, 6) is -1.98. The molecule has 0 aromatic heterocycles. The Morgan fingerprint density at radius 1 is 0.806 bits per heavy atom. The Balaban J connectivity index is 1.46. The van der Waals surface area contributed by atoms with Crippen LogP contribution >= 0.6 is 23.2 Å². The van der Waals surface area contributed by atoms with Crippen molar-refractivity contribution in [2.75, 3.05) is 11.9 Å². The first-order chi connectivity index (χ1) is 14.8. The van der Waals surface area contributed by atoms with Gasteiger partial charge in [-0.2, -0.15) is 0 Å². The molecule has 1 amide bonds. The number of fused-ring (bicyclic) bond motifs is 2. The van der Waals surface area contributed by atoms with Crippen molar-refractivity contribution in [2.45, 2.75) is 0 Å². The molecule has 8 heteroatoms. The molecule has 0 radical (unpaired) electrons. The molecule has 0 saturated carbocycles. The van der Waals surface area contributed by atoms with E-state index in [1.807, 2.05) is 0 Å². The summed E-state index contributed by atoms with van der Waals surface area (Å²) in [5, 5.41) is 2.99. The number of hydrogen-bond donors (Lipinski definition) is 1. The van der Waals surface area contributed by atoms with E-state index in [1.54, 1.807) is 24.3 Å². The van der Waals surface area contributed by atoms with Crippen LogP contribution in [0.4, 0.5) is 5.69 Å². The van der Waals surface area contributed by atoms with Crippen LogP contribution in [-0.4, -0.2) is 30.0 Å². The lowest BCUT2D eigenvalue weighted by molar-refractivity contribution is -0.119. The molecule has 6 nitrogen and oxygen atoms in total. The van der Waals surface area contributed by atoms with Crippen molar-refractivity contribution in [2.24, 2.45) is 0 Å². The van der Waals surface area contributed by atoms with Crippen LogP contribution in [-0.2, 0) is 9.53 Å². The molecule has 0 aliphatic heterocycles. The molecule has 3 aromatic carbocycles. The van der Waals surface area contributed by atoms with E-state index in [4.69, 9.17) is 27.9 Å². The number of hydrogen-bond acceptors (Lipinski definition) is 5. The maximum atomic E-state index is 12.8. The number of anilines is 1. The zero-order valence-corrected chi connectivity index (χ0v) is 17.3. The molecule has 3 aromatic rings. The van der Waals surface area contributed by atoms with E-state index >= 15 is 0 Å². The molecule has 0 heterocycles. The fourth-order valence-electron chi connectivity index (χ4n) is 3.24. The number of carbonyl (C=O) groups excluding carboxylic acids is 4. The van der Waals surface area contributed by atoms with E-state index < -0.39 is 18.5 Å². The zero-order valence-electron chi connectivity index (χ0n) is 15.8. The standard InChI is InChI=1S/C23H13Cl2NO5/c24-12-5-8-19(25)18(9-12)23(30)31-11-20(27)26-13-6-7-16-17(10-13)22(29)15-4-2-1-3-14(15)21(16)28/h1-10H,11H2,(H,26,27). The zero-order chi connectivity index (χ0) is 22.1. The normalized spacial score (nSPS) is 12.1. The van der Waals surface area contributed by atoms with E-state index in [0.717, 1.165) is 0 Å². The second-order valence-corrected chi connectivity index (χ2v) is 7.56. The maximum Gasteiger partial charge on any atom is 0.340 e. The molecule has 0 saturated heterocycles. The molecule has 1 aliphatic rings. The van der Waals surface area contributed by atoms with E-state index in [1.165, 1.54) is 36.4 Å². The molecule has 1 N–H and O–H groups in total. The fraction of sp³-hybridized carbons (Fsp3) is 0.0435. The van der Waals surface area contributed by atoms with Crippen LogP contribution in [0.2, 0.25) is 10.0 Å². The summed E-state index contributed by atoms with van der Waals surface area (Å²) in [7, 11) is 0. The first-order valence-corrected chi connectivity index (χ1v) is 9.85. The summed E-state index contributed by atoms with van der Waals surface area (Å²) >= 11 is 11.8. The third kappa shape index (κ3) is 4.08. The van der Waals surface area contributed by atoms with Gasteiger partial charge in [-0.15, -0.1) is 0 Å². The minimum absolute atomic E-state index is 0.0403. The van der Waals surface area contributed by atoms with Crippen molar-refractivity contribution in [1.29, 1.82) is 0 Å². The number of ether oxygens (including phenoxy) is 1. The molecule has 0 atom stereocenters. The number of esters is 1. The van der Waals surface area contributed by atoms with Crippen LogP contribution in [0.25, 0.3) is 0 Å². The summed E-state index contributed by atoms with van der Waals surface area (Å²) in [4.78, 5) is 49.7. The monoisotopic (exact) mass is 453 g/mol. The number of rotatable bonds is 4. The van der Waals surface area contributed by atoms with Gasteiger partial charge in [-0.3, -0.25) is 14.4 Å². The maximum absolute atomic E-state index is 12.8. The Hall–Kier alpha value is -3.48. The number of halogens is 2. The number of benzene rings is 3. The minimum Gasteiger partial charge on any atom is -0.452 e. The average Bonchev–Trinajstić information content (AvgIpc) is 2.77. The van der Waals surface area contributed by atoms with Crippen LogP contribution in [0.15, 0.2) is 60.7 Å². The van der Waals surface area contributed by atoms with Crippen LogP contribution in [0.1, 0.15) is 42.2 Å². The van der Waals surface area contributed by atoms with Gasteiger partial charge in [-0.1, -0.05) is 47.5 Å². The van der Waals surface area contributed by atoms with Crippen molar-refractivity contribution >= 4 is 52.3 Å². The van der Waals surface area contributed by atoms with Crippen molar-refractivity contribution in [1.82, 2.24) is 0 Å². The van der Waals surface area contributed by atoms with Crippen molar-refractivity contribution < 1.29 is 23.9 Å². The lowest BCUT2D eigenvalue weighted by Crippen LogP contribution is -2.23. The van der Waals surface area contributed by atoms with Gasteiger partial charge in [0.25, 0.3) is 5.91 Å². The quantitative estimate of drug-likeness (QED) is 0.457. The number of carbonyl (C=O) groups is 4. The van der Waals surface area contributed by atoms with Crippen LogP contribution in [0.3, 0.4) is 0 Å². The Morgan fingerprint density at radius 2 is 1.45 bits per heavy atom. The van der Waals surface area contributed by atoms with E-state index in [0.29, 0.717) is 21.8 Å². The first kappa shape index (κ1) is 20.8. The Labute approximate surface area is 186 Å². The van der Waals surface area contributed by atoms with E-state index in [-0.39, 0.29) is 33.3 Å². The highest BCUT2D eigenvalue weighted by Crippen LogP contribution is 2.29. The second-order valence-electron chi connectivity index (χ2n) is 6.71. The largest absolute Gasteiger partial charge is 0.452 e. The van der Waals surface area contributed by atoms with Gasteiger partial charge in [0.1, 0.15) is 0 Å². The number of amides is 1. The molecule has 1 aliphatic carbocycles. The van der Waals surface area contributed by atoms with Gasteiger partial charge in [0.2, 0.25) is 0 Å². The van der Waals surface area contributed by atoms with Crippen LogP contribution in [0, 0.1) is 0 Å². The van der Waals surface area contributed by atoms with E-state index in [9.17, 15) is 19.2 Å². The predicted octanol–water partition coefficient (Wildman–Crippen LogP) is 4.56. The molecular formula is C23H13Cl2NO5. The van der Waals surface area contributed by atoms with Crippen molar-refractivity contribution in [3.8, 4) is 0 Å². The smallest absolute Gasteiger partial charge is 0.340 e. The number of nitrogens with one attached hydrogen (secondary N) is 1. The minimum atomic E-state index is -0.800. The number of ketones is 2. The summed E-state index contributed by atoms with van der Waals surface area (Å²) in [6, 6.07) is 15.3. The summed E-state index contributed by atoms with van der Waals surface area (Å²) in [6.45, 7) is -0.575. The Bertz CT molecular complexity index is 1270. The molecule has 0 unspecified atom stereocenters. The lowest BCUT2D eigenvalue weighted by Gasteiger charge is -2.18. The molecule has 0 spiro atoms. The molecule has 0 bridgehead atoms. The Kier molecular flexibility index (Phi) is 5.59. The SMILES string of the molecule is O=C(COC(=O)c1cc(Cl)ccc1Cl)Nc1ccc2c(c1)C(=O)c1ccccc1C2=O. The van der Waals surface area contributed by atoms with Crippen molar-refractivity contribution in [3.63, 3.8) is 0 Å². The highest BCUT2D eigenvalue weighted by molar-refractivity contribution is 6.35. The average molecular weight is 454 g/mol. The van der Waals surface area contributed by atoms with Crippen molar-refractivity contribution in [3.05, 3.63) is 98.5 Å². The third-order valence-electron chi connectivity index (χ3n) is 4.69. The third-order valence-corrected chi connectivity index (χ3v) is 5.26. The van der Waals surface area contributed by atoms with Gasteiger partial charge in [0.05, 0.1) is 10.6 Å². The van der Waals surface area contributed by atoms with E-state index in [2.05, 4.69) is 5.32 Å². The van der Waals surface area contributed by atoms with Crippen LogP contribution < -0.4 is 5.32 Å².